The van der Waals surface area contributed by atoms with E-state index >= 15 is 0 Å². The monoisotopic (exact) mass is 362 g/mol. The maximum absolute atomic E-state index is 12.6. The van der Waals surface area contributed by atoms with E-state index in [1.165, 1.54) is 6.07 Å². The van der Waals surface area contributed by atoms with E-state index in [1.807, 2.05) is 30.3 Å². The maximum Gasteiger partial charge on any atom is 0.416 e. The molecule has 3 N–H and O–H groups in total. The molecule has 26 heavy (non-hydrogen) atoms. The van der Waals surface area contributed by atoms with E-state index in [9.17, 15) is 18.0 Å². The van der Waals surface area contributed by atoms with Crippen LogP contribution in [0.5, 0.6) is 0 Å². The van der Waals surface area contributed by atoms with E-state index in [-0.39, 0.29) is 18.8 Å². The third kappa shape index (κ3) is 6.06. The zero-order valence-corrected chi connectivity index (χ0v) is 13.8. The van der Waals surface area contributed by atoms with Crippen LogP contribution in [0.1, 0.15) is 23.1 Å². The number of nitrogens with two attached hydrogens (primary N) is 1. The van der Waals surface area contributed by atoms with Gasteiger partial charge in [-0.3, -0.25) is 0 Å². The van der Waals surface area contributed by atoms with E-state index in [4.69, 9.17) is 10.5 Å². The predicted molar refractivity (Wildman–Crippen MR) is 92.0 cm³/mol. The Kier molecular flexibility index (Phi) is 6.50. The Morgan fingerprint density at radius 2 is 1.88 bits per heavy atom. The van der Waals surface area contributed by atoms with E-state index in [0.717, 1.165) is 17.7 Å². The Balaban J connectivity index is 1.76. The minimum absolute atomic E-state index is 0.0393. The molecular weight excluding hydrogens is 345 g/mol. The number of nitrogens with one attached hydrogen (secondary N) is 1. The number of carbonyl (C=O) groups is 1. The van der Waals surface area contributed by atoms with Crippen LogP contribution in [-0.2, 0) is 17.5 Å². The number of rotatable bonds is 4. The van der Waals surface area contributed by atoms with Gasteiger partial charge in [-0.05, 0) is 23.8 Å². The third-order valence-corrected chi connectivity index (χ3v) is 3.33. The molecule has 2 aromatic carbocycles. The fraction of sp³-hybridized carbons (Fsp3) is 0.211. The largest absolute Gasteiger partial charge is 0.445 e. The van der Waals surface area contributed by atoms with Crippen LogP contribution in [0.2, 0.25) is 0 Å². The van der Waals surface area contributed by atoms with Crippen molar-refractivity contribution in [3.63, 3.8) is 0 Å². The highest BCUT2D eigenvalue weighted by atomic mass is 19.4. The zero-order chi connectivity index (χ0) is 19.0. The minimum Gasteiger partial charge on any atom is -0.445 e. The molecular formula is C19H17F3N2O2. The molecule has 0 aliphatic rings. The molecule has 0 bridgehead atoms. The first-order valence-electron chi connectivity index (χ1n) is 7.76. The molecule has 0 heterocycles. The van der Waals surface area contributed by atoms with Crippen molar-refractivity contribution in [1.82, 2.24) is 5.32 Å². The number of halogens is 3. The molecule has 0 atom stereocenters. The summed E-state index contributed by atoms with van der Waals surface area (Å²) in [5.74, 6) is 5.44. The van der Waals surface area contributed by atoms with Crippen LogP contribution in [0.15, 0.2) is 48.5 Å². The normalized spacial score (nSPS) is 10.6. The maximum atomic E-state index is 12.6. The summed E-state index contributed by atoms with van der Waals surface area (Å²) in [5.41, 5.74) is 5.91. The Labute approximate surface area is 149 Å². The molecule has 7 heteroatoms. The summed E-state index contributed by atoms with van der Waals surface area (Å²) in [6.07, 6.45) is -4.70. The summed E-state index contributed by atoms with van der Waals surface area (Å²) < 4.78 is 42.7. The Hall–Kier alpha value is -3.14. The first-order valence-corrected chi connectivity index (χ1v) is 7.76. The molecule has 0 spiro atoms. The first kappa shape index (κ1) is 19.2. The smallest absolute Gasteiger partial charge is 0.416 e. The molecule has 136 valence electrons. The molecule has 0 radical (unpaired) electrons. The van der Waals surface area contributed by atoms with Gasteiger partial charge in [0, 0.05) is 24.2 Å². The summed E-state index contributed by atoms with van der Waals surface area (Å²) >= 11 is 0. The average Bonchev–Trinajstić information content (AvgIpc) is 2.61. The molecule has 0 saturated heterocycles. The number of carbonyl (C=O) groups excluding carboxylic acids is 1. The second-order valence-electron chi connectivity index (χ2n) is 5.34. The van der Waals surface area contributed by atoms with Gasteiger partial charge < -0.3 is 15.8 Å². The molecule has 0 aliphatic carbocycles. The van der Waals surface area contributed by atoms with Crippen molar-refractivity contribution < 1.29 is 22.7 Å². The number of benzene rings is 2. The Morgan fingerprint density at radius 3 is 2.54 bits per heavy atom. The molecule has 2 aromatic rings. The van der Waals surface area contributed by atoms with Gasteiger partial charge in [0.1, 0.15) is 6.61 Å². The number of amides is 1. The lowest BCUT2D eigenvalue weighted by atomic mass is 10.1. The van der Waals surface area contributed by atoms with Crippen LogP contribution >= 0.6 is 0 Å². The summed E-state index contributed by atoms with van der Waals surface area (Å²) in [4.78, 5) is 11.5. The predicted octanol–water partition coefficient (Wildman–Crippen LogP) is 3.96. The van der Waals surface area contributed by atoms with Gasteiger partial charge in [0.05, 0.1) is 5.56 Å². The van der Waals surface area contributed by atoms with Crippen molar-refractivity contribution >= 4 is 11.8 Å². The van der Waals surface area contributed by atoms with Crippen LogP contribution in [-0.4, -0.2) is 12.6 Å². The number of ether oxygens (including phenoxy) is 1. The standard InChI is InChI=1S/C19H17F3N2O2/c20-19(21,22)16-10-9-15(17(23)12-16)8-4-5-11-24-18(25)26-13-14-6-2-1-3-7-14/h1-3,6-7,9-10,12H,5,11,13,23H2,(H,24,25). The quantitative estimate of drug-likeness (QED) is 0.492. The fourth-order valence-corrected chi connectivity index (χ4v) is 2.01. The van der Waals surface area contributed by atoms with Gasteiger partial charge in [-0.2, -0.15) is 13.2 Å². The zero-order valence-electron chi connectivity index (χ0n) is 13.8. The number of hydrogen-bond acceptors (Lipinski definition) is 3. The van der Waals surface area contributed by atoms with Crippen molar-refractivity contribution in [2.75, 3.05) is 12.3 Å². The number of alkyl carbamates (subject to hydrolysis) is 1. The topological polar surface area (TPSA) is 64.3 Å². The van der Waals surface area contributed by atoms with Crippen LogP contribution in [0.4, 0.5) is 23.7 Å². The number of nitrogen functional groups attached to an aromatic ring is 1. The fourth-order valence-electron chi connectivity index (χ4n) is 2.01. The molecule has 0 saturated carbocycles. The summed E-state index contributed by atoms with van der Waals surface area (Å²) in [6, 6.07) is 12.2. The number of alkyl halides is 3. The van der Waals surface area contributed by atoms with E-state index in [0.29, 0.717) is 12.0 Å². The summed E-state index contributed by atoms with van der Waals surface area (Å²) in [6.45, 7) is 0.418. The molecule has 0 aromatic heterocycles. The van der Waals surface area contributed by atoms with Gasteiger partial charge in [0.15, 0.2) is 0 Å². The van der Waals surface area contributed by atoms with Crippen LogP contribution in [0, 0.1) is 11.8 Å². The lowest BCUT2D eigenvalue weighted by Crippen LogP contribution is -2.24. The van der Waals surface area contributed by atoms with E-state index in [1.54, 1.807) is 0 Å². The number of anilines is 1. The van der Waals surface area contributed by atoms with Crippen molar-refractivity contribution in [1.29, 1.82) is 0 Å². The van der Waals surface area contributed by atoms with Crippen molar-refractivity contribution in [2.45, 2.75) is 19.2 Å². The highest BCUT2D eigenvalue weighted by molar-refractivity contribution is 5.67. The summed E-state index contributed by atoms with van der Waals surface area (Å²) in [5, 5.41) is 2.54. The van der Waals surface area contributed by atoms with Gasteiger partial charge in [-0.1, -0.05) is 42.2 Å². The summed E-state index contributed by atoms with van der Waals surface area (Å²) in [7, 11) is 0. The lowest BCUT2D eigenvalue weighted by molar-refractivity contribution is -0.137. The van der Waals surface area contributed by atoms with Crippen LogP contribution in [0.3, 0.4) is 0 Å². The second kappa shape index (κ2) is 8.81. The van der Waals surface area contributed by atoms with Crippen LogP contribution < -0.4 is 11.1 Å². The van der Waals surface area contributed by atoms with Gasteiger partial charge in [0.2, 0.25) is 0 Å². The molecule has 0 fully saturated rings. The van der Waals surface area contributed by atoms with Crippen molar-refractivity contribution in [3.8, 4) is 11.8 Å². The second-order valence-corrected chi connectivity index (χ2v) is 5.34. The molecule has 4 nitrogen and oxygen atoms in total. The van der Waals surface area contributed by atoms with E-state index in [2.05, 4.69) is 17.2 Å². The average molecular weight is 362 g/mol. The lowest BCUT2D eigenvalue weighted by Gasteiger charge is -2.08. The molecule has 0 aliphatic heterocycles. The Morgan fingerprint density at radius 1 is 1.15 bits per heavy atom. The van der Waals surface area contributed by atoms with E-state index < -0.39 is 17.8 Å². The van der Waals surface area contributed by atoms with Crippen molar-refractivity contribution in [3.05, 3.63) is 65.2 Å². The third-order valence-electron chi connectivity index (χ3n) is 3.33. The number of hydrogen-bond donors (Lipinski definition) is 2. The van der Waals surface area contributed by atoms with Gasteiger partial charge >= 0.3 is 12.3 Å². The highest BCUT2D eigenvalue weighted by Gasteiger charge is 2.30. The van der Waals surface area contributed by atoms with Crippen LogP contribution in [0.25, 0.3) is 0 Å². The SMILES string of the molecule is Nc1cc(C(F)(F)F)ccc1C#CCCNC(=O)OCc1ccccc1. The van der Waals surface area contributed by atoms with Gasteiger partial charge in [-0.25, -0.2) is 4.79 Å². The molecule has 0 unspecified atom stereocenters. The molecule has 2 rings (SSSR count). The Bertz CT molecular complexity index is 809. The van der Waals surface area contributed by atoms with Crippen molar-refractivity contribution in [2.24, 2.45) is 0 Å². The van der Waals surface area contributed by atoms with Gasteiger partial charge in [0.25, 0.3) is 0 Å². The first-order chi connectivity index (χ1) is 12.4. The van der Waals surface area contributed by atoms with Gasteiger partial charge in [-0.15, -0.1) is 0 Å². The minimum atomic E-state index is -4.44. The molecule has 1 amide bonds. The highest BCUT2D eigenvalue weighted by Crippen LogP contribution is 2.31.